The molecule has 0 saturated heterocycles. The molecule has 0 saturated carbocycles. The number of aromatic amines is 1. The third kappa shape index (κ3) is 6.69. The smallest absolute Gasteiger partial charge is 0.308 e. The van der Waals surface area contributed by atoms with Gasteiger partial charge in [0.15, 0.2) is 11.5 Å². The Labute approximate surface area is 189 Å². The zero-order valence-electron chi connectivity index (χ0n) is 19.4. The van der Waals surface area contributed by atoms with Crippen molar-refractivity contribution < 1.29 is 14.3 Å². The van der Waals surface area contributed by atoms with E-state index >= 15 is 0 Å². The van der Waals surface area contributed by atoms with Gasteiger partial charge in [-0.1, -0.05) is 59.1 Å². The van der Waals surface area contributed by atoms with Gasteiger partial charge in [0, 0.05) is 11.8 Å². The molecule has 2 N–H and O–H groups in total. The van der Waals surface area contributed by atoms with Gasteiger partial charge in [-0.2, -0.15) is 4.63 Å². The summed E-state index contributed by atoms with van der Waals surface area (Å²) in [5.74, 6) is 0.0755. The fourth-order valence-corrected chi connectivity index (χ4v) is 3.62. The first-order valence-electron chi connectivity index (χ1n) is 11.3. The number of hydrogen-bond acceptors (Lipinski definition) is 5. The van der Waals surface area contributed by atoms with Gasteiger partial charge in [-0.05, 0) is 25.7 Å². The molecule has 1 atom stereocenters. The predicted molar refractivity (Wildman–Crippen MR) is 121 cm³/mol. The van der Waals surface area contributed by atoms with Crippen LogP contribution in [0.25, 0.3) is 5.65 Å². The molecule has 0 aliphatic heterocycles. The van der Waals surface area contributed by atoms with Gasteiger partial charge in [0.2, 0.25) is 5.91 Å². The van der Waals surface area contributed by atoms with Gasteiger partial charge in [0.1, 0.15) is 5.02 Å². The van der Waals surface area contributed by atoms with E-state index in [0.717, 1.165) is 37.9 Å². The van der Waals surface area contributed by atoms with Crippen LogP contribution in [0.15, 0.2) is 0 Å². The highest BCUT2D eigenvalue weighted by atomic mass is 35.5. The van der Waals surface area contributed by atoms with Crippen molar-refractivity contribution in [1.82, 2.24) is 25.1 Å². The predicted octanol–water partition coefficient (Wildman–Crippen LogP) is 4.46. The lowest BCUT2D eigenvalue weighted by Gasteiger charge is -2.27. The lowest BCUT2D eigenvalue weighted by Crippen LogP contribution is -2.39. The summed E-state index contributed by atoms with van der Waals surface area (Å²) in [6.45, 7) is 10.5. The summed E-state index contributed by atoms with van der Waals surface area (Å²) in [5, 5.41) is 10.9. The molecule has 1 amide bonds. The number of unbranched alkanes of at least 4 members (excludes halogenated alkanes) is 2. The number of fused-ring (bicyclic) bond motifs is 1. The number of halogens is 1. The van der Waals surface area contributed by atoms with Crippen LogP contribution in [0.3, 0.4) is 0 Å². The SMILES string of the molecule is CCCCOC(=O)C(CC)CC(C)(C)C(=O)NCc1[nH]n2nc(CCCC)nc2c1Cl. The number of esters is 1. The van der Waals surface area contributed by atoms with Crippen molar-refractivity contribution in [2.24, 2.45) is 11.3 Å². The molecule has 0 bridgehead atoms. The molecular formula is C22H36ClN5O3. The molecule has 2 aromatic rings. The van der Waals surface area contributed by atoms with Crippen LogP contribution in [-0.4, -0.2) is 38.3 Å². The van der Waals surface area contributed by atoms with Crippen molar-refractivity contribution in [2.45, 2.75) is 86.1 Å². The Morgan fingerprint density at radius 3 is 2.55 bits per heavy atom. The summed E-state index contributed by atoms with van der Waals surface area (Å²) in [7, 11) is 0. The van der Waals surface area contributed by atoms with Crippen molar-refractivity contribution in [3.05, 3.63) is 16.5 Å². The second-order valence-corrected chi connectivity index (χ2v) is 9.05. The number of carbonyl (C=O) groups is 2. The fourth-order valence-electron chi connectivity index (χ4n) is 3.39. The molecule has 31 heavy (non-hydrogen) atoms. The summed E-state index contributed by atoms with van der Waals surface area (Å²) < 4.78 is 6.91. The third-order valence-corrected chi connectivity index (χ3v) is 5.87. The molecule has 0 spiro atoms. The Hall–Kier alpha value is -2.09. The monoisotopic (exact) mass is 453 g/mol. The number of nitrogens with zero attached hydrogens (tertiary/aromatic N) is 3. The molecule has 2 rings (SSSR count). The van der Waals surface area contributed by atoms with E-state index in [0.29, 0.717) is 35.8 Å². The van der Waals surface area contributed by atoms with Gasteiger partial charge in [0.25, 0.3) is 0 Å². The van der Waals surface area contributed by atoms with E-state index in [1.807, 2.05) is 27.7 Å². The van der Waals surface area contributed by atoms with Crippen LogP contribution >= 0.6 is 11.6 Å². The fraction of sp³-hybridized carbons (Fsp3) is 0.727. The van der Waals surface area contributed by atoms with E-state index in [4.69, 9.17) is 16.3 Å². The van der Waals surface area contributed by atoms with Crippen LogP contribution in [0.5, 0.6) is 0 Å². The molecule has 0 aliphatic carbocycles. The lowest BCUT2D eigenvalue weighted by atomic mass is 9.81. The van der Waals surface area contributed by atoms with Gasteiger partial charge in [0.05, 0.1) is 24.8 Å². The highest BCUT2D eigenvalue weighted by Crippen LogP contribution is 2.29. The van der Waals surface area contributed by atoms with Gasteiger partial charge in [-0.3, -0.25) is 14.7 Å². The number of carbonyl (C=O) groups excluding carboxylic acids is 2. The van der Waals surface area contributed by atoms with Crippen LogP contribution in [0, 0.1) is 11.3 Å². The standard InChI is InChI=1S/C22H36ClN5O3/c1-6-9-11-17-25-19-18(23)16(26-28(19)27-17)14-24-21(30)22(4,5)13-15(8-3)20(29)31-12-10-7-2/h15,26H,6-14H2,1-5H3,(H,24,30). The van der Waals surface area contributed by atoms with Crippen molar-refractivity contribution >= 4 is 29.1 Å². The minimum atomic E-state index is -0.727. The number of amides is 1. The van der Waals surface area contributed by atoms with Crippen LogP contribution in [0.4, 0.5) is 0 Å². The largest absolute Gasteiger partial charge is 0.465 e. The van der Waals surface area contributed by atoms with Crippen molar-refractivity contribution in [3.8, 4) is 0 Å². The van der Waals surface area contributed by atoms with Crippen LogP contribution in [0.2, 0.25) is 5.02 Å². The number of H-pyrrole nitrogens is 1. The molecule has 0 radical (unpaired) electrons. The van der Waals surface area contributed by atoms with E-state index in [9.17, 15) is 9.59 Å². The van der Waals surface area contributed by atoms with E-state index in [1.165, 1.54) is 0 Å². The van der Waals surface area contributed by atoms with Gasteiger partial charge >= 0.3 is 5.97 Å². The van der Waals surface area contributed by atoms with Crippen molar-refractivity contribution in [1.29, 1.82) is 0 Å². The summed E-state index contributed by atoms with van der Waals surface area (Å²) in [6.07, 6.45) is 5.78. The highest BCUT2D eigenvalue weighted by molar-refractivity contribution is 6.34. The molecular weight excluding hydrogens is 418 g/mol. The Bertz CT molecular complexity index is 874. The quantitative estimate of drug-likeness (QED) is 0.344. The number of rotatable bonds is 13. The summed E-state index contributed by atoms with van der Waals surface area (Å²) >= 11 is 6.44. The van der Waals surface area contributed by atoms with E-state index in [2.05, 4.69) is 27.4 Å². The molecule has 8 nitrogen and oxygen atoms in total. The maximum absolute atomic E-state index is 12.9. The first-order chi connectivity index (χ1) is 14.7. The molecule has 0 aromatic carbocycles. The highest BCUT2D eigenvalue weighted by Gasteiger charge is 2.34. The topological polar surface area (TPSA) is 101 Å². The van der Waals surface area contributed by atoms with Crippen LogP contribution in [0.1, 0.15) is 84.7 Å². The molecule has 2 heterocycles. The molecule has 9 heteroatoms. The average Bonchev–Trinajstić information content (AvgIpc) is 3.27. The zero-order chi connectivity index (χ0) is 23.0. The number of aryl methyl sites for hydroxylation is 1. The Morgan fingerprint density at radius 2 is 1.94 bits per heavy atom. The number of hydrogen-bond donors (Lipinski definition) is 2. The molecule has 1 unspecified atom stereocenters. The molecule has 174 valence electrons. The first-order valence-corrected chi connectivity index (χ1v) is 11.7. The zero-order valence-corrected chi connectivity index (χ0v) is 20.1. The van der Waals surface area contributed by atoms with Crippen LogP contribution in [-0.2, 0) is 27.3 Å². The lowest BCUT2D eigenvalue weighted by molar-refractivity contribution is -0.150. The number of aromatic nitrogens is 4. The average molecular weight is 454 g/mol. The second-order valence-electron chi connectivity index (χ2n) is 8.67. The summed E-state index contributed by atoms with van der Waals surface area (Å²) in [5.41, 5.74) is 0.487. The second kappa shape index (κ2) is 11.5. The maximum Gasteiger partial charge on any atom is 0.308 e. The molecule has 0 fully saturated rings. The number of ether oxygens (including phenoxy) is 1. The Morgan fingerprint density at radius 1 is 1.23 bits per heavy atom. The maximum atomic E-state index is 12.9. The molecule has 2 aromatic heterocycles. The molecule has 0 aliphatic rings. The van der Waals surface area contributed by atoms with Crippen LogP contribution < -0.4 is 5.32 Å². The Kier molecular flexibility index (Phi) is 9.34. The van der Waals surface area contributed by atoms with Crippen molar-refractivity contribution in [2.75, 3.05) is 6.61 Å². The van der Waals surface area contributed by atoms with Gasteiger partial charge in [-0.25, -0.2) is 4.98 Å². The Balaban J connectivity index is 1.96. The summed E-state index contributed by atoms with van der Waals surface area (Å²) in [6, 6.07) is 0. The van der Waals surface area contributed by atoms with Crippen molar-refractivity contribution in [3.63, 3.8) is 0 Å². The minimum absolute atomic E-state index is 0.146. The van der Waals surface area contributed by atoms with E-state index in [1.54, 1.807) is 4.63 Å². The minimum Gasteiger partial charge on any atom is -0.465 e. The normalized spacial score (nSPS) is 12.8. The van der Waals surface area contributed by atoms with E-state index < -0.39 is 5.41 Å². The summed E-state index contributed by atoms with van der Waals surface area (Å²) in [4.78, 5) is 29.7. The third-order valence-electron chi connectivity index (χ3n) is 5.47. The van der Waals surface area contributed by atoms with Gasteiger partial charge < -0.3 is 10.1 Å². The van der Waals surface area contributed by atoms with E-state index in [-0.39, 0.29) is 24.3 Å². The van der Waals surface area contributed by atoms with Gasteiger partial charge in [-0.15, -0.1) is 5.10 Å². The first kappa shape index (κ1) is 25.2. The number of nitrogens with one attached hydrogen (secondary N) is 2.